The van der Waals surface area contributed by atoms with Crippen molar-refractivity contribution in [2.45, 2.75) is 6.54 Å². The first-order valence-corrected chi connectivity index (χ1v) is 5.45. The van der Waals surface area contributed by atoms with E-state index in [1.54, 1.807) is 6.07 Å². The third kappa shape index (κ3) is 2.81. The number of anilines is 1. The van der Waals surface area contributed by atoms with E-state index in [-0.39, 0.29) is 10.8 Å². The average Bonchev–Trinajstić information content (AvgIpc) is 2.79. The van der Waals surface area contributed by atoms with E-state index in [9.17, 15) is 9.18 Å². The van der Waals surface area contributed by atoms with E-state index in [1.807, 2.05) is 0 Å². The van der Waals surface area contributed by atoms with E-state index in [0.29, 0.717) is 12.4 Å². The molecule has 1 aromatic heterocycles. The van der Waals surface area contributed by atoms with Crippen molar-refractivity contribution in [1.29, 1.82) is 0 Å². The van der Waals surface area contributed by atoms with Gasteiger partial charge in [-0.3, -0.25) is 0 Å². The number of carboxylic acid groups (broad SMARTS) is 1. The van der Waals surface area contributed by atoms with E-state index < -0.39 is 11.8 Å². The van der Waals surface area contributed by atoms with E-state index in [2.05, 4.69) is 5.32 Å². The Morgan fingerprint density at radius 1 is 1.39 bits per heavy atom. The Morgan fingerprint density at radius 2 is 2.17 bits per heavy atom. The fraction of sp³-hybridized carbons (Fsp3) is 0.0833. The van der Waals surface area contributed by atoms with Gasteiger partial charge >= 0.3 is 5.97 Å². The van der Waals surface area contributed by atoms with Crippen molar-refractivity contribution in [2.24, 2.45) is 0 Å². The predicted molar refractivity (Wildman–Crippen MR) is 64.4 cm³/mol. The molecule has 0 amide bonds. The number of nitrogens with one attached hydrogen (secondary N) is 1. The van der Waals surface area contributed by atoms with Crippen LogP contribution in [-0.4, -0.2) is 11.1 Å². The van der Waals surface area contributed by atoms with Crippen LogP contribution in [0.1, 0.15) is 16.1 Å². The number of benzene rings is 1. The molecule has 0 aliphatic heterocycles. The van der Waals surface area contributed by atoms with Crippen molar-refractivity contribution in [3.8, 4) is 0 Å². The molecule has 6 heteroatoms. The summed E-state index contributed by atoms with van der Waals surface area (Å²) < 4.78 is 17.9. The number of furan rings is 1. The Hall–Kier alpha value is -2.01. The molecule has 0 saturated carbocycles. The molecule has 0 aliphatic carbocycles. The minimum absolute atomic E-state index is 0.0416. The van der Waals surface area contributed by atoms with Crippen molar-refractivity contribution in [2.75, 3.05) is 5.32 Å². The van der Waals surface area contributed by atoms with Gasteiger partial charge in [-0.05, 0) is 23.8 Å². The highest BCUT2D eigenvalue weighted by atomic mass is 35.5. The van der Waals surface area contributed by atoms with Crippen LogP contribution in [0.5, 0.6) is 0 Å². The monoisotopic (exact) mass is 269 g/mol. The molecule has 2 N–H and O–H groups in total. The van der Waals surface area contributed by atoms with E-state index in [4.69, 9.17) is 21.1 Å². The van der Waals surface area contributed by atoms with E-state index >= 15 is 0 Å². The lowest BCUT2D eigenvalue weighted by atomic mass is 10.2. The van der Waals surface area contributed by atoms with Crippen LogP contribution in [-0.2, 0) is 6.54 Å². The second-order valence-electron chi connectivity index (χ2n) is 3.57. The number of rotatable bonds is 4. The summed E-state index contributed by atoms with van der Waals surface area (Å²) in [6.07, 6.45) is 0. The molecule has 1 aromatic carbocycles. The number of carbonyl (C=O) groups is 1. The topological polar surface area (TPSA) is 62.5 Å². The molecule has 0 spiro atoms. The summed E-state index contributed by atoms with van der Waals surface area (Å²) in [7, 11) is 0. The van der Waals surface area contributed by atoms with Gasteiger partial charge in [0.15, 0.2) is 5.88 Å². The maximum Gasteiger partial charge on any atom is 0.371 e. The first kappa shape index (κ1) is 12.4. The van der Waals surface area contributed by atoms with Gasteiger partial charge in [-0.2, -0.15) is 0 Å². The van der Waals surface area contributed by atoms with Crippen LogP contribution in [0.2, 0.25) is 5.02 Å². The smallest absolute Gasteiger partial charge is 0.371 e. The predicted octanol–water partition coefficient (Wildman–Crippen LogP) is 3.38. The van der Waals surface area contributed by atoms with Gasteiger partial charge in [0.2, 0.25) is 5.76 Å². The zero-order chi connectivity index (χ0) is 13.1. The molecule has 18 heavy (non-hydrogen) atoms. The van der Waals surface area contributed by atoms with Gasteiger partial charge in [0.05, 0.1) is 5.02 Å². The average molecular weight is 270 g/mol. The first-order valence-electron chi connectivity index (χ1n) is 5.07. The van der Waals surface area contributed by atoms with Crippen LogP contribution in [0.4, 0.5) is 10.3 Å². The number of hydrogen-bond acceptors (Lipinski definition) is 3. The number of hydrogen-bond donors (Lipinski definition) is 2. The normalized spacial score (nSPS) is 10.3. The molecule has 0 bridgehead atoms. The summed E-state index contributed by atoms with van der Waals surface area (Å²) >= 11 is 5.64. The zero-order valence-electron chi connectivity index (χ0n) is 9.11. The highest BCUT2D eigenvalue weighted by Gasteiger charge is 2.08. The molecule has 0 unspecified atom stereocenters. The molecular formula is C12H9ClFNO3. The summed E-state index contributed by atoms with van der Waals surface area (Å²) in [5.74, 6) is -1.43. The molecule has 0 fully saturated rings. The van der Waals surface area contributed by atoms with Gasteiger partial charge < -0.3 is 14.8 Å². The molecule has 1 heterocycles. The standard InChI is InChI=1S/C12H9ClFNO3/c13-8-5-7(1-2-9(8)14)6-15-11-4-3-10(18-11)12(16)17/h1-5,15H,6H2,(H,16,17). The van der Waals surface area contributed by atoms with Crippen LogP contribution < -0.4 is 5.32 Å². The van der Waals surface area contributed by atoms with Crippen LogP contribution in [0, 0.1) is 5.82 Å². The van der Waals surface area contributed by atoms with Crippen LogP contribution in [0.15, 0.2) is 34.7 Å². The minimum atomic E-state index is -1.13. The zero-order valence-corrected chi connectivity index (χ0v) is 9.87. The maximum atomic E-state index is 12.9. The van der Waals surface area contributed by atoms with E-state index in [1.165, 1.54) is 24.3 Å². The lowest BCUT2D eigenvalue weighted by Crippen LogP contribution is -1.99. The van der Waals surface area contributed by atoms with Gasteiger partial charge in [0.1, 0.15) is 5.82 Å². The second-order valence-corrected chi connectivity index (χ2v) is 3.98. The second kappa shape index (κ2) is 5.10. The third-order valence-electron chi connectivity index (χ3n) is 2.27. The molecule has 94 valence electrons. The fourth-order valence-corrected chi connectivity index (χ4v) is 1.59. The highest BCUT2D eigenvalue weighted by Crippen LogP contribution is 2.18. The third-order valence-corrected chi connectivity index (χ3v) is 2.56. The van der Waals surface area contributed by atoms with Crippen molar-refractivity contribution in [3.63, 3.8) is 0 Å². The number of halogens is 2. The van der Waals surface area contributed by atoms with Crippen molar-refractivity contribution in [3.05, 3.63) is 52.5 Å². The molecule has 0 radical (unpaired) electrons. The van der Waals surface area contributed by atoms with Crippen molar-refractivity contribution < 1.29 is 18.7 Å². The Morgan fingerprint density at radius 3 is 2.78 bits per heavy atom. The summed E-state index contributed by atoms with van der Waals surface area (Å²) in [6.45, 7) is 0.354. The summed E-state index contributed by atoms with van der Waals surface area (Å²) in [5.41, 5.74) is 0.759. The van der Waals surface area contributed by atoms with E-state index in [0.717, 1.165) is 5.56 Å². The van der Waals surface area contributed by atoms with Crippen molar-refractivity contribution >= 4 is 23.5 Å². The lowest BCUT2D eigenvalue weighted by Gasteiger charge is -2.04. The van der Waals surface area contributed by atoms with Crippen LogP contribution in [0.3, 0.4) is 0 Å². The van der Waals surface area contributed by atoms with Crippen LogP contribution >= 0.6 is 11.6 Å². The molecule has 4 nitrogen and oxygen atoms in total. The molecule has 2 rings (SSSR count). The molecule has 0 aliphatic rings. The van der Waals surface area contributed by atoms with Gasteiger partial charge in [-0.1, -0.05) is 17.7 Å². The quantitative estimate of drug-likeness (QED) is 0.893. The highest BCUT2D eigenvalue weighted by molar-refractivity contribution is 6.30. The van der Waals surface area contributed by atoms with Crippen LogP contribution in [0.25, 0.3) is 0 Å². The molecule has 2 aromatic rings. The van der Waals surface area contributed by atoms with Gasteiger partial charge in [-0.25, -0.2) is 9.18 Å². The summed E-state index contributed by atoms with van der Waals surface area (Å²) in [4.78, 5) is 10.6. The fourth-order valence-electron chi connectivity index (χ4n) is 1.39. The first-order chi connectivity index (χ1) is 8.56. The number of aromatic carboxylic acids is 1. The Labute approximate surface area is 107 Å². The summed E-state index contributed by atoms with van der Waals surface area (Å²) in [6, 6.07) is 7.20. The van der Waals surface area contributed by atoms with Crippen molar-refractivity contribution in [1.82, 2.24) is 0 Å². The van der Waals surface area contributed by atoms with Gasteiger partial charge in [-0.15, -0.1) is 0 Å². The Kier molecular flexibility index (Phi) is 3.53. The Bertz CT molecular complexity index is 582. The Balaban J connectivity index is 2.02. The van der Waals surface area contributed by atoms with Gasteiger partial charge in [0.25, 0.3) is 0 Å². The maximum absolute atomic E-state index is 12.9. The minimum Gasteiger partial charge on any atom is -0.475 e. The lowest BCUT2D eigenvalue weighted by molar-refractivity contribution is 0.0663. The SMILES string of the molecule is O=C(O)c1ccc(NCc2ccc(F)c(Cl)c2)o1. The van der Waals surface area contributed by atoms with Gasteiger partial charge in [0, 0.05) is 12.6 Å². The molecule has 0 atom stereocenters. The largest absolute Gasteiger partial charge is 0.475 e. The molecular weight excluding hydrogens is 261 g/mol. The number of carboxylic acids is 1. The molecule has 0 saturated heterocycles. The summed E-state index contributed by atoms with van der Waals surface area (Å²) in [5, 5.41) is 11.6.